The first-order valence-corrected chi connectivity index (χ1v) is 5.89. The Labute approximate surface area is 111 Å². The zero-order valence-corrected chi connectivity index (χ0v) is 10.6. The Morgan fingerprint density at radius 3 is 2.58 bits per heavy atom. The predicted octanol–water partition coefficient (Wildman–Crippen LogP) is 3.01. The van der Waals surface area contributed by atoms with Crippen molar-refractivity contribution in [2.24, 2.45) is 0 Å². The summed E-state index contributed by atoms with van der Waals surface area (Å²) in [4.78, 5) is 10.7. The van der Waals surface area contributed by atoms with E-state index in [9.17, 15) is 4.79 Å². The van der Waals surface area contributed by atoms with Crippen LogP contribution in [-0.4, -0.2) is 18.2 Å². The van der Waals surface area contributed by atoms with Gasteiger partial charge in [-0.05, 0) is 42.0 Å². The first kappa shape index (κ1) is 13.0. The van der Waals surface area contributed by atoms with Gasteiger partial charge >= 0.3 is 5.97 Å². The third-order valence-corrected chi connectivity index (χ3v) is 2.76. The van der Waals surface area contributed by atoms with Crippen LogP contribution in [0.3, 0.4) is 0 Å². The molecule has 4 nitrogen and oxygen atoms in total. The molecule has 0 bridgehead atoms. The van der Waals surface area contributed by atoms with Gasteiger partial charge in [0, 0.05) is 12.2 Å². The lowest BCUT2D eigenvalue weighted by Gasteiger charge is -2.08. The quantitative estimate of drug-likeness (QED) is 0.864. The van der Waals surface area contributed by atoms with Crippen molar-refractivity contribution in [1.29, 1.82) is 0 Å². The van der Waals surface area contributed by atoms with Gasteiger partial charge in [0.15, 0.2) is 0 Å². The number of aromatic carboxylic acids is 1. The van der Waals surface area contributed by atoms with Gasteiger partial charge in [0.1, 0.15) is 5.75 Å². The molecule has 0 aliphatic rings. The third-order valence-electron chi connectivity index (χ3n) is 2.76. The zero-order valence-electron chi connectivity index (χ0n) is 10.6. The minimum absolute atomic E-state index is 0.284. The Morgan fingerprint density at radius 2 is 1.95 bits per heavy atom. The number of ether oxygens (including phenoxy) is 1. The SMILES string of the molecule is COc1cccc(CNc2ccc(C(=O)O)cc2)c1. The molecule has 0 spiro atoms. The minimum atomic E-state index is -0.917. The molecule has 2 N–H and O–H groups in total. The molecule has 2 aromatic carbocycles. The number of rotatable bonds is 5. The average Bonchev–Trinajstić information content (AvgIpc) is 2.46. The van der Waals surface area contributed by atoms with Crippen molar-refractivity contribution in [1.82, 2.24) is 0 Å². The molecule has 0 radical (unpaired) electrons. The number of methoxy groups -OCH3 is 1. The summed E-state index contributed by atoms with van der Waals surface area (Å²) in [5, 5.41) is 12.0. The van der Waals surface area contributed by atoms with E-state index in [2.05, 4.69) is 5.32 Å². The van der Waals surface area contributed by atoms with Crippen molar-refractivity contribution >= 4 is 11.7 Å². The van der Waals surface area contributed by atoms with Gasteiger partial charge in [-0.3, -0.25) is 0 Å². The van der Waals surface area contributed by atoms with E-state index >= 15 is 0 Å². The maximum atomic E-state index is 10.7. The van der Waals surface area contributed by atoms with Gasteiger partial charge in [0.05, 0.1) is 12.7 Å². The van der Waals surface area contributed by atoms with Crippen molar-refractivity contribution < 1.29 is 14.6 Å². The molecular formula is C15H15NO3. The number of hydrogen-bond donors (Lipinski definition) is 2. The molecule has 4 heteroatoms. The fourth-order valence-corrected chi connectivity index (χ4v) is 1.72. The molecule has 0 aromatic heterocycles. The van der Waals surface area contributed by atoms with E-state index in [-0.39, 0.29) is 5.56 Å². The molecule has 0 aliphatic carbocycles. The van der Waals surface area contributed by atoms with Crippen LogP contribution in [0.4, 0.5) is 5.69 Å². The lowest BCUT2D eigenvalue weighted by Crippen LogP contribution is -2.01. The van der Waals surface area contributed by atoms with Gasteiger partial charge in [-0.2, -0.15) is 0 Å². The second kappa shape index (κ2) is 5.91. The summed E-state index contributed by atoms with van der Waals surface area (Å²) in [6.07, 6.45) is 0. The number of nitrogens with one attached hydrogen (secondary N) is 1. The normalized spacial score (nSPS) is 9.95. The van der Waals surface area contributed by atoms with Crippen molar-refractivity contribution in [3.05, 3.63) is 59.7 Å². The van der Waals surface area contributed by atoms with Gasteiger partial charge in [0.25, 0.3) is 0 Å². The lowest BCUT2D eigenvalue weighted by molar-refractivity contribution is 0.0697. The molecule has 19 heavy (non-hydrogen) atoms. The van der Waals surface area contributed by atoms with E-state index in [4.69, 9.17) is 9.84 Å². The zero-order chi connectivity index (χ0) is 13.7. The molecule has 98 valence electrons. The van der Waals surface area contributed by atoms with E-state index in [1.165, 1.54) is 0 Å². The second-order valence-corrected chi connectivity index (χ2v) is 4.09. The highest BCUT2D eigenvalue weighted by atomic mass is 16.5. The molecule has 0 atom stereocenters. The number of carboxylic acid groups (broad SMARTS) is 1. The molecule has 0 saturated carbocycles. The van der Waals surface area contributed by atoms with Gasteiger partial charge in [-0.1, -0.05) is 12.1 Å². The van der Waals surface area contributed by atoms with E-state index in [1.807, 2.05) is 24.3 Å². The van der Waals surface area contributed by atoms with Crippen LogP contribution in [0.25, 0.3) is 0 Å². The monoisotopic (exact) mass is 257 g/mol. The maximum absolute atomic E-state index is 10.7. The molecular weight excluding hydrogens is 242 g/mol. The summed E-state index contributed by atoms with van der Waals surface area (Å²) in [6, 6.07) is 14.5. The molecule has 0 heterocycles. The molecule has 2 rings (SSSR count). The number of anilines is 1. The Balaban J connectivity index is 1.99. The number of benzene rings is 2. The summed E-state index contributed by atoms with van der Waals surface area (Å²) < 4.78 is 5.16. The number of hydrogen-bond acceptors (Lipinski definition) is 3. The fraction of sp³-hybridized carbons (Fsp3) is 0.133. The van der Waals surface area contributed by atoms with Gasteiger partial charge in [0.2, 0.25) is 0 Å². The summed E-state index contributed by atoms with van der Waals surface area (Å²) in [5.41, 5.74) is 2.27. The summed E-state index contributed by atoms with van der Waals surface area (Å²) >= 11 is 0. The average molecular weight is 257 g/mol. The van der Waals surface area contributed by atoms with Gasteiger partial charge in [-0.15, -0.1) is 0 Å². The number of carbonyl (C=O) groups is 1. The number of carboxylic acids is 1. The van der Waals surface area contributed by atoms with Crippen LogP contribution in [0.2, 0.25) is 0 Å². The van der Waals surface area contributed by atoms with Crippen molar-refractivity contribution in [2.75, 3.05) is 12.4 Å². The highest BCUT2D eigenvalue weighted by molar-refractivity contribution is 5.87. The van der Waals surface area contributed by atoms with E-state index in [0.717, 1.165) is 17.0 Å². The summed E-state index contributed by atoms with van der Waals surface area (Å²) in [7, 11) is 1.64. The van der Waals surface area contributed by atoms with Crippen LogP contribution in [0.1, 0.15) is 15.9 Å². The first-order valence-electron chi connectivity index (χ1n) is 5.89. The van der Waals surface area contributed by atoms with Gasteiger partial charge < -0.3 is 15.2 Å². The van der Waals surface area contributed by atoms with E-state index < -0.39 is 5.97 Å². The van der Waals surface area contributed by atoms with E-state index in [0.29, 0.717) is 6.54 Å². The fourth-order valence-electron chi connectivity index (χ4n) is 1.72. The van der Waals surface area contributed by atoms with E-state index in [1.54, 1.807) is 31.4 Å². The Bertz CT molecular complexity index is 564. The third kappa shape index (κ3) is 3.48. The van der Waals surface area contributed by atoms with Crippen LogP contribution < -0.4 is 10.1 Å². The second-order valence-electron chi connectivity index (χ2n) is 4.09. The topological polar surface area (TPSA) is 58.6 Å². The van der Waals surface area contributed by atoms with Crippen molar-refractivity contribution in [3.63, 3.8) is 0 Å². The standard InChI is InChI=1S/C15H15NO3/c1-19-14-4-2-3-11(9-14)10-16-13-7-5-12(6-8-13)15(17)18/h2-9,16H,10H2,1H3,(H,17,18). The smallest absolute Gasteiger partial charge is 0.335 e. The maximum Gasteiger partial charge on any atom is 0.335 e. The van der Waals surface area contributed by atoms with Crippen LogP contribution in [-0.2, 0) is 6.54 Å². The van der Waals surface area contributed by atoms with Crippen LogP contribution in [0.15, 0.2) is 48.5 Å². The van der Waals surface area contributed by atoms with Crippen LogP contribution in [0, 0.1) is 0 Å². The highest BCUT2D eigenvalue weighted by Gasteiger charge is 2.01. The Morgan fingerprint density at radius 1 is 1.21 bits per heavy atom. The van der Waals surface area contributed by atoms with Crippen LogP contribution >= 0.6 is 0 Å². The minimum Gasteiger partial charge on any atom is -0.497 e. The lowest BCUT2D eigenvalue weighted by atomic mass is 10.2. The predicted molar refractivity (Wildman–Crippen MR) is 73.7 cm³/mol. The first-order chi connectivity index (χ1) is 9.19. The molecule has 0 fully saturated rings. The van der Waals surface area contributed by atoms with Gasteiger partial charge in [-0.25, -0.2) is 4.79 Å². The summed E-state index contributed by atoms with van der Waals surface area (Å²) in [6.45, 7) is 0.656. The largest absolute Gasteiger partial charge is 0.497 e. The molecule has 0 unspecified atom stereocenters. The Kier molecular flexibility index (Phi) is 4.03. The van der Waals surface area contributed by atoms with Crippen LogP contribution in [0.5, 0.6) is 5.75 Å². The summed E-state index contributed by atoms with van der Waals surface area (Å²) in [5.74, 6) is -0.0973. The highest BCUT2D eigenvalue weighted by Crippen LogP contribution is 2.15. The Hall–Kier alpha value is -2.49. The molecule has 0 amide bonds. The molecule has 2 aromatic rings. The molecule has 0 aliphatic heterocycles. The van der Waals surface area contributed by atoms with Crippen molar-refractivity contribution in [3.8, 4) is 5.75 Å². The molecule has 0 saturated heterocycles. The van der Waals surface area contributed by atoms with Crippen molar-refractivity contribution in [2.45, 2.75) is 6.54 Å².